The van der Waals surface area contributed by atoms with Gasteiger partial charge in [0.05, 0.1) is 6.54 Å². The topological polar surface area (TPSA) is 51.0 Å². The molecule has 5 nitrogen and oxygen atoms in total. The highest BCUT2D eigenvalue weighted by molar-refractivity contribution is 6.32. The van der Waals surface area contributed by atoms with Crippen LogP contribution in [0.3, 0.4) is 0 Å². The second kappa shape index (κ2) is 5.73. The first-order valence-electron chi connectivity index (χ1n) is 7.45. The Bertz CT molecular complexity index is 902. The van der Waals surface area contributed by atoms with Crippen LogP contribution in [0, 0.1) is 5.82 Å². The minimum atomic E-state index is -0.335. The molecule has 0 N–H and O–H groups in total. The van der Waals surface area contributed by atoms with Gasteiger partial charge < -0.3 is 4.90 Å². The molecule has 0 unspecified atom stereocenters. The van der Waals surface area contributed by atoms with Crippen molar-refractivity contribution in [2.75, 3.05) is 11.4 Å². The van der Waals surface area contributed by atoms with Crippen molar-refractivity contribution in [1.29, 1.82) is 0 Å². The van der Waals surface area contributed by atoms with Crippen LogP contribution in [0.1, 0.15) is 5.56 Å². The van der Waals surface area contributed by atoms with Crippen LogP contribution in [-0.4, -0.2) is 27.2 Å². The van der Waals surface area contributed by atoms with Crippen molar-refractivity contribution in [3.8, 4) is 0 Å². The number of aromatic nitrogens is 3. The number of carbonyl (C=O) groups is 1. The van der Waals surface area contributed by atoms with Crippen molar-refractivity contribution < 1.29 is 9.18 Å². The van der Waals surface area contributed by atoms with Crippen LogP contribution in [0.4, 0.5) is 10.1 Å². The molecular formula is C18H13FN4O. The van der Waals surface area contributed by atoms with Crippen LogP contribution in [0.15, 0.2) is 67.3 Å². The quantitative estimate of drug-likeness (QED) is 0.745. The predicted octanol–water partition coefficient (Wildman–Crippen LogP) is 2.83. The van der Waals surface area contributed by atoms with Gasteiger partial charge in [-0.3, -0.25) is 4.79 Å². The van der Waals surface area contributed by atoms with E-state index in [9.17, 15) is 9.18 Å². The average molecular weight is 320 g/mol. The van der Waals surface area contributed by atoms with Gasteiger partial charge in [0.2, 0.25) is 0 Å². The van der Waals surface area contributed by atoms with Gasteiger partial charge in [0.1, 0.15) is 24.2 Å². The summed E-state index contributed by atoms with van der Waals surface area (Å²) >= 11 is 0. The highest BCUT2D eigenvalue weighted by Gasteiger charge is 2.33. The molecule has 0 radical (unpaired) electrons. The largest absolute Gasteiger partial charge is 0.302 e. The summed E-state index contributed by atoms with van der Waals surface area (Å²) in [6.07, 6.45) is 2.90. The molecule has 1 amide bonds. The third-order valence-corrected chi connectivity index (χ3v) is 3.96. The van der Waals surface area contributed by atoms with Crippen molar-refractivity contribution in [3.05, 3.63) is 78.6 Å². The van der Waals surface area contributed by atoms with Crippen LogP contribution < -0.4 is 4.90 Å². The van der Waals surface area contributed by atoms with Gasteiger partial charge in [-0.25, -0.2) is 14.1 Å². The van der Waals surface area contributed by atoms with Crippen molar-refractivity contribution in [1.82, 2.24) is 14.8 Å². The molecule has 2 aromatic carbocycles. The number of nitrogens with zero attached hydrogens (tertiary/aromatic N) is 4. The van der Waals surface area contributed by atoms with Gasteiger partial charge in [0.15, 0.2) is 0 Å². The molecule has 2 heterocycles. The molecule has 118 valence electrons. The van der Waals surface area contributed by atoms with Gasteiger partial charge in [-0.1, -0.05) is 30.3 Å². The van der Waals surface area contributed by atoms with E-state index in [4.69, 9.17) is 0 Å². The SMILES string of the molecule is O=C1C(n2cncn2)=C(c2ccccc2)CN1c1ccc(F)cc1. The number of hydrogen-bond donors (Lipinski definition) is 0. The molecule has 6 heteroatoms. The van der Waals surface area contributed by atoms with Crippen molar-refractivity contribution in [3.63, 3.8) is 0 Å². The number of rotatable bonds is 3. The maximum Gasteiger partial charge on any atom is 0.277 e. The minimum absolute atomic E-state index is 0.189. The third kappa shape index (κ3) is 2.38. The third-order valence-electron chi connectivity index (χ3n) is 3.96. The highest BCUT2D eigenvalue weighted by Crippen LogP contribution is 2.33. The maximum absolute atomic E-state index is 13.2. The molecule has 1 aliphatic heterocycles. The standard InChI is InChI=1S/C18H13FN4O/c19-14-6-8-15(9-7-14)22-10-16(13-4-2-1-3-5-13)17(18(22)24)23-12-20-11-21-23/h1-9,11-12H,10H2. The Morgan fingerprint density at radius 2 is 1.75 bits per heavy atom. The summed E-state index contributed by atoms with van der Waals surface area (Å²) in [5, 5.41) is 4.11. The molecule has 0 atom stereocenters. The number of anilines is 1. The molecule has 3 aromatic rings. The Balaban J connectivity index is 1.81. The summed E-state index contributed by atoms with van der Waals surface area (Å²) in [5.74, 6) is -0.524. The first-order valence-corrected chi connectivity index (χ1v) is 7.45. The van der Waals surface area contributed by atoms with E-state index in [2.05, 4.69) is 10.1 Å². The van der Waals surface area contributed by atoms with E-state index in [0.717, 1.165) is 11.1 Å². The van der Waals surface area contributed by atoms with Crippen molar-refractivity contribution >= 4 is 22.9 Å². The van der Waals surface area contributed by atoms with Crippen LogP contribution >= 0.6 is 0 Å². The molecule has 0 aliphatic carbocycles. The zero-order valence-corrected chi connectivity index (χ0v) is 12.6. The van der Waals surface area contributed by atoms with E-state index >= 15 is 0 Å². The zero-order valence-electron chi connectivity index (χ0n) is 12.6. The van der Waals surface area contributed by atoms with E-state index in [1.807, 2.05) is 30.3 Å². The lowest BCUT2D eigenvalue weighted by atomic mass is 10.1. The molecule has 0 spiro atoms. The summed E-state index contributed by atoms with van der Waals surface area (Å²) in [7, 11) is 0. The van der Waals surface area contributed by atoms with Gasteiger partial charge in [0.25, 0.3) is 5.91 Å². The van der Waals surface area contributed by atoms with Crippen LogP contribution in [0.5, 0.6) is 0 Å². The molecule has 1 aromatic heterocycles. The van der Waals surface area contributed by atoms with Gasteiger partial charge in [-0.05, 0) is 29.8 Å². The lowest BCUT2D eigenvalue weighted by Gasteiger charge is -2.16. The Morgan fingerprint density at radius 1 is 1.00 bits per heavy atom. The summed E-state index contributed by atoms with van der Waals surface area (Å²) in [5.41, 5.74) is 2.91. The Labute approximate surface area is 137 Å². The fourth-order valence-corrected chi connectivity index (χ4v) is 2.82. The first-order chi connectivity index (χ1) is 11.7. The van der Waals surface area contributed by atoms with Gasteiger partial charge >= 0.3 is 0 Å². The van der Waals surface area contributed by atoms with E-state index in [-0.39, 0.29) is 11.7 Å². The lowest BCUT2D eigenvalue weighted by molar-refractivity contribution is -0.113. The predicted molar refractivity (Wildman–Crippen MR) is 88.3 cm³/mol. The number of hydrogen-bond acceptors (Lipinski definition) is 3. The van der Waals surface area contributed by atoms with E-state index < -0.39 is 0 Å². The minimum Gasteiger partial charge on any atom is -0.302 e. The summed E-state index contributed by atoms with van der Waals surface area (Å²) in [4.78, 5) is 18.5. The normalized spacial score (nSPS) is 14.5. The Kier molecular flexibility index (Phi) is 3.42. The first kappa shape index (κ1) is 14.3. The molecule has 24 heavy (non-hydrogen) atoms. The van der Waals surface area contributed by atoms with Crippen LogP contribution in [0.2, 0.25) is 0 Å². The van der Waals surface area contributed by atoms with Crippen molar-refractivity contribution in [2.24, 2.45) is 0 Å². The van der Waals surface area contributed by atoms with Crippen LogP contribution in [-0.2, 0) is 4.79 Å². The fraction of sp³-hybridized carbons (Fsp3) is 0.0556. The molecule has 0 saturated heterocycles. The molecular weight excluding hydrogens is 307 g/mol. The van der Waals surface area contributed by atoms with E-state index in [1.54, 1.807) is 17.0 Å². The van der Waals surface area contributed by atoms with Gasteiger partial charge in [-0.15, -0.1) is 0 Å². The summed E-state index contributed by atoms with van der Waals surface area (Å²) in [6, 6.07) is 15.6. The van der Waals surface area contributed by atoms with Gasteiger partial charge in [0, 0.05) is 11.3 Å². The fourth-order valence-electron chi connectivity index (χ4n) is 2.82. The summed E-state index contributed by atoms with van der Waals surface area (Å²) in [6.45, 7) is 0.393. The summed E-state index contributed by atoms with van der Waals surface area (Å²) < 4.78 is 14.7. The number of amides is 1. The lowest BCUT2D eigenvalue weighted by Crippen LogP contribution is -2.27. The second-order valence-electron chi connectivity index (χ2n) is 5.40. The number of carbonyl (C=O) groups excluding carboxylic acids is 1. The number of halogens is 1. The Morgan fingerprint density at radius 3 is 2.42 bits per heavy atom. The molecule has 0 fully saturated rings. The second-order valence-corrected chi connectivity index (χ2v) is 5.40. The number of benzene rings is 2. The molecule has 0 saturated carbocycles. The van der Waals surface area contributed by atoms with E-state index in [0.29, 0.717) is 17.9 Å². The Hall–Kier alpha value is -3.28. The maximum atomic E-state index is 13.2. The zero-order chi connectivity index (χ0) is 16.5. The smallest absolute Gasteiger partial charge is 0.277 e. The molecule has 0 bridgehead atoms. The van der Waals surface area contributed by atoms with Gasteiger partial charge in [-0.2, -0.15) is 5.10 Å². The highest BCUT2D eigenvalue weighted by atomic mass is 19.1. The van der Waals surface area contributed by atoms with Crippen LogP contribution in [0.25, 0.3) is 11.3 Å². The molecule has 4 rings (SSSR count). The monoisotopic (exact) mass is 320 g/mol. The van der Waals surface area contributed by atoms with E-state index in [1.165, 1.54) is 29.5 Å². The average Bonchev–Trinajstić information content (AvgIpc) is 3.24. The molecule has 1 aliphatic rings. The van der Waals surface area contributed by atoms with Crippen molar-refractivity contribution in [2.45, 2.75) is 0 Å².